The Balaban J connectivity index is 1.67. The maximum Gasteiger partial charge on any atom is 0.258 e. The van der Waals surface area contributed by atoms with Crippen LogP contribution >= 0.6 is 0 Å². The normalized spacial score (nSPS) is 14.6. The second-order valence-corrected chi connectivity index (χ2v) is 6.40. The molecule has 0 aliphatic carbocycles. The first kappa shape index (κ1) is 19.1. The van der Waals surface area contributed by atoms with Crippen LogP contribution in [0.15, 0.2) is 54.6 Å². The Kier molecular flexibility index (Phi) is 6.57. The van der Waals surface area contributed by atoms with E-state index in [4.69, 9.17) is 4.74 Å². The number of ether oxygens (including phenoxy) is 1. The summed E-state index contributed by atoms with van der Waals surface area (Å²) in [6, 6.07) is 16.7. The van der Waals surface area contributed by atoms with Gasteiger partial charge >= 0.3 is 0 Å². The van der Waals surface area contributed by atoms with Gasteiger partial charge < -0.3 is 15.0 Å². The number of hydrogen-bond acceptors (Lipinski definition) is 4. The molecule has 0 saturated carbocycles. The monoisotopic (exact) mass is 367 g/mol. The average Bonchev–Trinajstić information content (AvgIpc) is 2.70. The number of morpholine rings is 1. The van der Waals surface area contributed by atoms with Crippen molar-refractivity contribution in [3.05, 3.63) is 60.2 Å². The molecule has 0 spiro atoms. The third-order valence-corrected chi connectivity index (χ3v) is 4.49. The highest BCUT2D eigenvalue weighted by atomic mass is 16.5. The first-order valence-electron chi connectivity index (χ1n) is 9.24. The molecule has 3 rings (SSSR count). The molecule has 1 N–H and O–H groups in total. The standard InChI is InChI=1S/C21H25N3O3/c1-2-24(19-9-4-3-5-10-19)21(26)17-7-6-8-18(15-17)22-20(25)16-23-11-13-27-14-12-23/h3-10,15H,2,11-14,16H2,1H3,(H,22,25). The molecular weight excluding hydrogens is 342 g/mol. The number of nitrogens with zero attached hydrogens (tertiary/aromatic N) is 2. The van der Waals surface area contributed by atoms with E-state index in [0.29, 0.717) is 37.6 Å². The number of para-hydroxylation sites is 1. The van der Waals surface area contributed by atoms with Crippen LogP contribution in [-0.2, 0) is 9.53 Å². The Bertz CT molecular complexity index is 773. The third-order valence-electron chi connectivity index (χ3n) is 4.49. The highest BCUT2D eigenvalue weighted by Crippen LogP contribution is 2.18. The molecule has 2 aromatic carbocycles. The van der Waals surface area contributed by atoms with E-state index in [1.54, 1.807) is 29.2 Å². The zero-order chi connectivity index (χ0) is 19.1. The molecule has 1 heterocycles. The Morgan fingerprint density at radius 3 is 2.52 bits per heavy atom. The lowest BCUT2D eigenvalue weighted by Gasteiger charge is -2.25. The molecule has 1 aliphatic rings. The molecule has 142 valence electrons. The Morgan fingerprint density at radius 1 is 1.07 bits per heavy atom. The minimum absolute atomic E-state index is 0.0862. The average molecular weight is 367 g/mol. The summed E-state index contributed by atoms with van der Waals surface area (Å²) in [6.45, 7) is 5.66. The molecule has 1 saturated heterocycles. The fourth-order valence-corrected chi connectivity index (χ4v) is 3.10. The second-order valence-electron chi connectivity index (χ2n) is 6.40. The van der Waals surface area contributed by atoms with Crippen molar-refractivity contribution in [3.8, 4) is 0 Å². The largest absolute Gasteiger partial charge is 0.379 e. The minimum Gasteiger partial charge on any atom is -0.379 e. The summed E-state index contributed by atoms with van der Waals surface area (Å²) in [4.78, 5) is 29.0. The van der Waals surface area contributed by atoms with Crippen molar-refractivity contribution in [2.75, 3.05) is 49.6 Å². The van der Waals surface area contributed by atoms with E-state index < -0.39 is 0 Å². The number of carbonyl (C=O) groups is 2. The van der Waals surface area contributed by atoms with Gasteiger partial charge in [-0.2, -0.15) is 0 Å². The number of anilines is 2. The summed E-state index contributed by atoms with van der Waals surface area (Å²) in [6.07, 6.45) is 0. The minimum atomic E-state index is -0.0898. The van der Waals surface area contributed by atoms with Gasteiger partial charge in [-0.3, -0.25) is 14.5 Å². The van der Waals surface area contributed by atoms with Crippen LogP contribution in [0.5, 0.6) is 0 Å². The van der Waals surface area contributed by atoms with Crippen LogP contribution < -0.4 is 10.2 Å². The predicted octanol–water partition coefficient (Wildman–Crippen LogP) is 2.62. The van der Waals surface area contributed by atoms with Gasteiger partial charge in [0.1, 0.15) is 0 Å². The fourth-order valence-electron chi connectivity index (χ4n) is 3.10. The fraction of sp³-hybridized carbons (Fsp3) is 0.333. The Labute approximate surface area is 159 Å². The molecule has 0 bridgehead atoms. The van der Waals surface area contributed by atoms with Crippen molar-refractivity contribution in [2.24, 2.45) is 0 Å². The number of rotatable bonds is 6. The zero-order valence-electron chi connectivity index (χ0n) is 15.6. The van der Waals surface area contributed by atoms with Gasteiger partial charge in [-0.25, -0.2) is 0 Å². The van der Waals surface area contributed by atoms with E-state index in [0.717, 1.165) is 18.8 Å². The molecule has 0 aromatic heterocycles. The number of amides is 2. The first-order chi connectivity index (χ1) is 13.2. The van der Waals surface area contributed by atoms with Crippen LogP contribution in [0.3, 0.4) is 0 Å². The molecule has 6 heteroatoms. The summed E-state index contributed by atoms with van der Waals surface area (Å²) < 4.78 is 5.30. The molecular formula is C21H25N3O3. The lowest BCUT2D eigenvalue weighted by atomic mass is 10.1. The van der Waals surface area contributed by atoms with E-state index >= 15 is 0 Å². The molecule has 2 aromatic rings. The van der Waals surface area contributed by atoms with Crippen molar-refractivity contribution in [1.29, 1.82) is 0 Å². The van der Waals surface area contributed by atoms with Crippen molar-refractivity contribution in [1.82, 2.24) is 4.90 Å². The van der Waals surface area contributed by atoms with Gasteiger partial charge in [0, 0.05) is 36.6 Å². The van der Waals surface area contributed by atoms with Crippen molar-refractivity contribution >= 4 is 23.2 Å². The SMILES string of the molecule is CCN(C(=O)c1cccc(NC(=O)CN2CCOCC2)c1)c1ccccc1. The van der Waals surface area contributed by atoms with Crippen LogP contribution in [-0.4, -0.2) is 56.1 Å². The predicted molar refractivity (Wildman–Crippen MR) is 106 cm³/mol. The summed E-state index contributed by atoms with van der Waals surface area (Å²) >= 11 is 0. The van der Waals surface area contributed by atoms with Crippen LogP contribution in [0, 0.1) is 0 Å². The van der Waals surface area contributed by atoms with Gasteiger partial charge in [0.2, 0.25) is 5.91 Å². The highest BCUT2D eigenvalue weighted by molar-refractivity contribution is 6.07. The van der Waals surface area contributed by atoms with E-state index in [9.17, 15) is 9.59 Å². The third kappa shape index (κ3) is 5.15. The Hall–Kier alpha value is -2.70. The first-order valence-corrected chi connectivity index (χ1v) is 9.24. The van der Waals surface area contributed by atoms with Gasteiger partial charge in [-0.15, -0.1) is 0 Å². The molecule has 0 atom stereocenters. The molecule has 1 fully saturated rings. The van der Waals surface area contributed by atoms with Gasteiger partial charge in [-0.05, 0) is 37.3 Å². The van der Waals surface area contributed by atoms with E-state index in [1.165, 1.54) is 0 Å². The molecule has 6 nitrogen and oxygen atoms in total. The van der Waals surface area contributed by atoms with Gasteiger partial charge in [0.15, 0.2) is 0 Å². The van der Waals surface area contributed by atoms with Gasteiger partial charge in [-0.1, -0.05) is 24.3 Å². The van der Waals surface area contributed by atoms with E-state index in [1.807, 2.05) is 37.3 Å². The van der Waals surface area contributed by atoms with Crippen molar-refractivity contribution in [2.45, 2.75) is 6.92 Å². The molecule has 1 aliphatic heterocycles. The van der Waals surface area contributed by atoms with Crippen LogP contribution in [0.1, 0.15) is 17.3 Å². The van der Waals surface area contributed by atoms with Gasteiger partial charge in [0.05, 0.1) is 19.8 Å². The Morgan fingerprint density at radius 2 is 1.81 bits per heavy atom. The van der Waals surface area contributed by atoms with Crippen LogP contribution in [0.4, 0.5) is 11.4 Å². The maximum atomic E-state index is 12.9. The highest BCUT2D eigenvalue weighted by Gasteiger charge is 2.17. The maximum absolute atomic E-state index is 12.9. The molecule has 0 radical (unpaired) electrons. The smallest absolute Gasteiger partial charge is 0.258 e. The molecule has 2 amide bonds. The van der Waals surface area contributed by atoms with E-state index in [2.05, 4.69) is 10.2 Å². The zero-order valence-corrected chi connectivity index (χ0v) is 15.6. The topological polar surface area (TPSA) is 61.9 Å². The second kappa shape index (κ2) is 9.30. The van der Waals surface area contributed by atoms with Crippen LogP contribution in [0.25, 0.3) is 0 Å². The van der Waals surface area contributed by atoms with E-state index in [-0.39, 0.29) is 11.8 Å². The summed E-state index contributed by atoms with van der Waals surface area (Å²) in [5, 5.41) is 2.89. The molecule has 0 unspecified atom stereocenters. The number of hydrogen-bond donors (Lipinski definition) is 1. The lowest BCUT2D eigenvalue weighted by Crippen LogP contribution is -2.41. The number of benzene rings is 2. The van der Waals surface area contributed by atoms with Crippen molar-refractivity contribution in [3.63, 3.8) is 0 Å². The number of nitrogens with one attached hydrogen (secondary N) is 1. The summed E-state index contributed by atoms with van der Waals surface area (Å²) in [5.74, 6) is -0.176. The summed E-state index contributed by atoms with van der Waals surface area (Å²) in [7, 11) is 0. The summed E-state index contributed by atoms with van der Waals surface area (Å²) in [5.41, 5.74) is 2.03. The van der Waals surface area contributed by atoms with Crippen LogP contribution in [0.2, 0.25) is 0 Å². The quantitative estimate of drug-likeness (QED) is 0.853. The van der Waals surface area contributed by atoms with Crippen molar-refractivity contribution < 1.29 is 14.3 Å². The van der Waals surface area contributed by atoms with Gasteiger partial charge in [0.25, 0.3) is 5.91 Å². The lowest BCUT2D eigenvalue weighted by molar-refractivity contribution is -0.118. The number of carbonyl (C=O) groups excluding carboxylic acids is 2. The molecule has 27 heavy (non-hydrogen) atoms.